The third-order valence-corrected chi connectivity index (χ3v) is 3.90. The van der Waals surface area contributed by atoms with Crippen LogP contribution in [-0.4, -0.2) is 38.1 Å². The molecule has 20 heavy (non-hydrogen) atoms. The fourth-order valence-electron chi connectivity index (χ4n) is 2.26. The van der Waals surface area contributed by atoms with Gasteiger partial charge in [-0.3, -0.25) is 4.99 Å². The van der Waals surface area contributed by atoms with Crippen molar-refractivity contribution in [1.29, 1.82) is 0 Å². The fraction of sp³-hybridized carbons (Fsp3) is 0.500. The van der Waals surface area contributed by atoms with E-state index in [4.69, 9.17) is 4.74 Å². The monoisotopic (exact) mass is 453 g/mol. The number of hydrogen-bond acceptors (Lipinski definition) is 2. The number of nitrogens with zero attached hydrogens (tertiary/aromatic N) is 2. The molecule has 0 unspecified atom stereocenters. The number of rotatable bonds is 3. The molecule has 1 aromatic rings. The summed E-state index contributed by atoms with van der Waals surface area (Å²) in [6.07, 6.45) is 2.52. The number of methoxy groups -OCH3 is 1. The molecule has 0 radical (unpaired) electrons. The quantitative estimate of drug-likeness (QED) is 0.433. The van der Waals surface area contributed by atoms with Crippen LogP contribution in [0.3, 0.4) is 0 Å². The number of ether oxygens (including phenoxy) is 1. The summed E-state index contributed by atoms with van der Waals surface area (Å²) in [5, 5.41) is 3.41. The lowest BCUT2D eigenvalue weighted by Gasteiger charge is -2.21. The van der Waals surface area contributed by atoms with Crippen molar-refractivity contribution in [2.24, 2.45) is 4.99 Å². The number of guanidine groups is 1. The summed E-state index contributed by atoms with van der Waals surface area (Å²) < 4.78 is 6.21. The largest absolute Gasteiger partial charge is 0.496 e. The van der Waals surface area contributed by atoms with Crippen LogP contribution >= 0.6 is 39.9 Å². The van der Waals surface area contributed by atoms with E-state index in [0.29, 0.717) is 0 Å². The molecule has 0 bridgehead atoms. The average Bonchev–Trinajstić information content (AvgIpc) is 2.94. The van der Waals surface area contributed by atoms with E-state index < -0.39 is 0 Å². The highest BCUT2D eigenvalue weighted by atomic mass is 127. The molecule has 1 fully saturated rings. The summed E-state index contributed by atoms with van der Waals surface area (Å²) in [5.74, 6) is 1.84. The number of benzene rings is 1. The fourth-order valence-corrected chi connectivity index (χ4v) is 2.85. The van der Waals surface area contributed by atoms with Crippen molar-refractivity contribution in [2.45, 2.75) is 19.4 Å². The van der Waals surface area contributed by atoms with Crippen LogP contribution in [0.2, 0.25) is 0 Å². The Labute approximate surface area is 146 Å². The molecule has 1 aliphatic heterocycles. The zero-order chi connectivity index (χ0) is 13.7. The number of nitrogens with one attached hydrogen (secondary N) is 1. The molecule has 0 atom stereocenters. The van der Waals surface area contributed by atoms with Gasteiger partial charge >= 0.3 is 0 Å². The molecule has 1 N–H and O–H groups in total. The molecule has 0 aromatic heterocycles. The topological polar surface area (TPSA) is 36.9 Å². The zero-order valence-electron chi connectivity index (χ0n) is 11.9. The standard InChI is InChI=1S/C14H20BrN3O.HI/c1-16-14(18-7-3-4-8-18)17-10-11-5-6-13(19-2)12(15)9-11;/h5-6,9H,3-4,7-8,10H2,1-2H3,(H,16,17);1H. The first-order valence-corrected chi connectivity index (χ1v) is 7.32. The van der Waals surface area contributed by atoms with Gasteiger partial charge in [-0.15, -0.1) is 24.0 Å². The van der Waals surface area contributed by atoms with Crippen molar-refractivity contribution in [3.05, 3.63) is 28.2 Å². The normalized spacial score (nSPS) is 14.9. The van der Waals surface area contributed by atoms with E-state index in [1.807, 2.05) is 13.1 Å². The van der Waals surface area contributed by atoms with E-state index in [-0.39, 0.29) is 24.0 Å². The van der Waals surface area contributed by atoms with Gasteiger partial charge in [0.1, 0.15) is 5.75 Å². The maximum atomic E-state index is 5.23. The summed E-state index contributed by atoms with van der Waals surface area (Å²) in [6, 6.07) is 6.11. The molecule has 112 valence electrons. The van der Waals surface area contributed by atoms with Gasteiger partial charge in [0.15, 0.2) is 5.96 Å². The Bertz CT molecular complexity index is 462. The lowest BCUT2D eigenvalue weighted by Crippen LogP contribution is -2.39. The van der Waals surface area contributed by atoms with Crippen LogP contribution in [0.1, 0.15) is 18.4 Å². The van der Waals surface area contributed by atoms with E-state index in [2.05, 4.69) is 43.3 Å². The maximum Gasteiger partial charge on any atom is 0.193 e. The first-order valence-electron chi connectivity index (χ1n) is 6.52. The molecule has 0 spiro atoms. The number of aliphatic imine (C=N–C) groups is 1. The smallest absolute Gasteiger partial charge is 0.193 e. The van der Waals surface area contributed by atoms with Gasteiger partial charge in [-0.25, -0.2) is 0 Å². The maximum absolute atomic E-state index is 5.23. The third kappa shape index (κ3) is 4.51. The van der Waals surface area contributed by atoms with Crippen molar-refractivity contribution in [3.63, 3.8) is 0 Å². The van der Waals surface area contributed by atoms with E-state index in [1.165, 1.54) is 18.4 Å². The van der Waals surface area contributed by atoms with Crippen molar-refractivity contribution in [2.75, 3.05) is 27.2 Å². The molecule has 0 aliphatic carbocycles. The Morgan fingerprint density at radius 2 is 2.10 bits per heavy atom. The van der Waals surface area contributed by atoms with Crippen molar-refractivity contribution < 1.29 is 4.74 Å². The SMILES string of the molecule is CN=C(NCc1ccc(OC)c(Br)c1)N1CCCC1.I. The Kier molecular flexibility index (Phi) is 7.65. The molecule has 4 nitrogen and oxygen atoms in total. The molecule has 1 heterocycles. The third-order valence-electron chi connectivity index (χ3n) is 3.28. The minimum absolute atomic E-state index is 0. The summed E-state index contributed by atoms with van der Waals surface area (Å²) in [7, 11) is 3.51. The molecule has 1 saturated heterocycles. The zero-order valence-corrected chi connectivity index (χ0v) is 15.8. The van der Waals surface area contributed by atoms with Crippen molar-refractivity contribution in [3.8, 4) is 5.75 Å². The molecular weight excluding hydrogens is 433 g/mol. The number of likely N-dealkylation sites (tertiary alicyclic amines) is 1. The van der Waals surface area contributed by atoms with Gasteiger partial charge in [0.25, 0.3) is 0 Å². The van der Waals surface area contributed by atoms with E-state index in [9.17, 15) is 0 Å². The Balaban J connectivity index is 0.00000200. The van der Waals surface area contributed by atoms with Crippen molar-refractivity contribution >= 4 is 45.9 Å². The van der Waals surface area contributed by atoms with Crippen LogP contribution in [0.5, 0.6) is 5.75 Å². The first kappa shape index (κ1) is 17.6. The van der Waals surface area contributed by atoms with Gasteiger partial charge in [-0.1, -0.05) is 6.07 Å². The van der Waals surface area contributed by atoms with Gasteiger partial charge in [0, 0.05) is 26.7 Å². The van der Waals surface area contributed by atoms with Gasteiger partial charge < -0.3 is 15.0 Å². The minimum atomic E-state index is 0. The first-order chi connectivity index (χ1) is 9.24. The highest BCUT2D eigenvalue weighted by molar-refractivity contribution is 14.0. The Morgan fingerprint density at radius 3 is 2.65 bits per heavy atom. The summed E-state index contributed by atoms with van der Waals surface area (Å²) in [6.45, 7) is 2.98. The minimum Gasteiger partial charge on any atom is -0.496 e. The summed E-state index contributed by atoms with van der Waals surface area (Å²) in [4.78, 5) is 6.64. The highest BCUT2D eigenvalue weighted by Gasteiger charge is 2.15. The second-order valence-corrected chi connectivity index (χ2v) is 5.42. The van der Waals surface area contributed by atoms with Crippen LogP contribution in [0, 0.1) is 0 Å². The summed E-state index contributed by atoms with van der Waals surface area (Å²) in [5.41, 5.74) is 1.20. The predicted molar refractivity (Wildman–Crippen MR) is 97.1 cm³/mol. The molecule has 1 aromatic carbocycles. The Hall–Kier alpha value is -0.500. The van der Waals surface area contributed by atoms with Gasteiger partial charge in [-0.05, 0) is 46.5 Å². The predicted octanol–water partition coefficient (Wildman–Crippen LogP) is 3.25. The van der Waals surface area contributed by atoms with Gasteiger partial charge in [0.2, 0.25) is 0 Å². The number of hydrogen-bond donors (Lipinski definition) is 1. The van der Waals surface area contributed by atoms with Crippen LogP contribution in [0.4, 0.5) is 0 Å². The van der Waals surface area contributed by atoms with Gasteiger partial charge in [0.05, 0.1) is 11.6 Å². The molecule has 0 saturated carbocycles. The summed E-state index contributed by atoms with van der Waals surface area (Å²) >= 11 is 3.50. The molecule has 6 heteroatoms. The highest BCUT2D eigenvalue weighted by Crippen LogP contribution is 2.25. The van der Waals surface area contributed by atoms with Crippen LogP contribution < -0.4 is 10.1 Å². The van der Waals surface area contributed by atoms with Crippen LogP contribution in [0.25, 0.3) is 0 Å². The second-order valence-electron chi connectivity index (χ2n) is 4.56. The van der Waals surface area contributed by atoms with Crippen LogP contribution in [0.15, 0.2) is 27.7 Å². The van der Waals surface area contributed by atoms with E-state index >= 15 is 0 Å². The molecule has 0 amide bonds. The second kappa shape index (κ2) is 8.71. The lowest BCUT2D eigenvalue weighted by atomic mass is 10.2. The average molecular weight is 454 g/mol. The van der Waals surface area contributed by atoms with Crippen molar-refractivity contribution in [1.82, 2.24) is 10.2 Å². The van der Waals surface area contributed by atoms with E-state index in [1.54, 1.807) is 7.11 Å². The lowest BCUT2D eigenvalue weighted by molar-refractivity contribution is 0.412. The molecule has 2 rings (SSSR count). The number of halogens is 2. The molecule has 1 aliphatic rings. The Morgan fingerprint density at radius 1 is 1.40 bits per heavy atom. The molecular formula is C14H21BrIN3O. The van der Waals surface area contributed by atoms with Crippen LogP contribution in [-0.2, 0) is 6.54 Å². The van der Waals surface area contributed by atoms with E-state index in [0.717, 1.165) is 35.8 Å². The van der Waals surface area contributed by atoms with Gasteiger partial charge in [-0.2, -0.15) is 0 Å².